The Bertz CT molecular complexity index is 319. The molecule has 90 valence electrons. The van der Waals surface area contributed by atoms with Crippen molar-refractivity contribution in [2.24, 2.45) is 0 Å². The van der Waals surface area contributed by atoms with Crippen LogP contribution in [0.15, 0.2) is 24.3 Å². The predicted molar refractivity (Wildman–Crippen MR) is 53.2 cm³/mol. The molecule has 1 rings (SSSR count). The average Bonchev–Trinajstić information content (AvgIpc) is 2.17. The second-order valence-corrected chi connectivity index (χ2v) is 3.46. The zero-order valence-electron chi connectivity index (χ0n) is 8.79. The third kappa shape index (κ3) is 3.73. The standard InChI is InChI=1S/C11H13F3O2/c1-8(6-7-15)16-10-4-2-9(3-5-10)11(12,13)14/h2-5,8,15H,6-7H2,1H3. The van der Waals surface area contributed by atoms with E-state index in [1.165, 1.54) is 12.1 Å². The molecule has 0 aliphatic rings. The van der Waals surface area contributed by atoms with Crippen LogP contribution in [0.1, 0.15) is 18.9 Å². The predicted octanol–water partition coefficient (Wildman–Crippen LogP) is 2.86. The summed E-state index contributed by atoms with van der Waals surface area (Å²) in [6.45, 7) is 1.73. The first-order valence-electron chi connectivity index (χ1n) is 4.88. The summed E-state index contributed by atoms with van der Waals surface area (Å²) >= 11 is 0. The molecule has 2 nitrogen and oxygen atoms in total. The molecule has 1 aromatic carbocycles. The van der Waals surface area contributed by atoms with E-state index in [-0.39, 0.29) is 12.7 Å². The van der Waals surface area contributed by atoms with Gasteiger partial charge in [0.2, 0.25) is 0 Å². The molecule has 0 bridgehead atoms. The minimum absolute atomic E-state index is 0.0121. The van der Waals surface area contributed by atoms with Gasteiger partial charge in [0, 0.05) is 13.0 Å². The van der Waals surface area contributed by atoms with E-state index in [0.29, 0.717) is 12.2 Å². The van der Waals surface area contributed by atoms with Gasteiger partial charge in [0.1, 0.15) is 5.75 Å². The van der Waals surface area contributed by atoms with Gasteiger partial charge < -0.3 is 9.84 Å². The van der Waals surface area contributed by atoms with Crippen molar-refractivity contribution in [3.05, 3.63) is 29.8 Å². The van der Waals surface area contributed by atoms with Crippen molar-refractivity contribution >= 4 is 0 Å². The summed E-state index contributed by atoms with van der Waals surface area (Å²) < 4.78 is 42.0. The van der Waals surface area contributed by atoms with Crippen LogP contribution in [0.5, 0.6) is 5.75 Å². The van der Waals surface area contributed by atoms with Crippen LogP contribution in [0.3, 0.4) is 0 Å². The maximum atomic E-state index is 12.2. The van der Waals surface area contributed by atoms with Gasteiger partial charge in [-0.05, 0) is 31.2 Å². The fourth-order valence-electron chi connectivity index (χ4n) is 1.20. The van der Waals surface area contributed by atoms with Gasteiger partial charge in [0.05, 0.1) is 11.7 Å². The molecule has 0 aromatic heterocycles. The van der Waals surface area contributed by atoms with E-state index in [1.54, 1.807) is 6.92 Å². The molecular formula is C11H13F3O2. The fourth-order valence-corrected chi connectivity index (χ4v) is 1.20. The Hall–Kier alpha value is -1.23. The van der Waals surface area contributed by atoms with Crippen molar-refractivity contribution in [3.8, 4) is 5.75 Å². The van der Waals surface area contributed by atoms with Crippen LogP contribution in [0, 0.1) is 0 Å². The topological polar surface area (TPSA) is 29.5 Å². The molecular weight excluding hydrogens is 221 g/mol. The molecule has 0 amide bonds. The Labute approximate surface area is 91.7 Å². The van der Waals surface area contributed by atoms with E-state index in [4.69, 9.17) is 9.84 Å². The Morgan fingerprint density at radius 2 is 1.81 bits per heavy atom. The van der Waals surface area contributed by atoms with Crippen molar-refractivity contribution in [2.45, 2.75) is 25.6 Å². The van der Waals surface area contributed by atoms with Gasteiger partial charge in [0.25, 0.3) is 0 Å². The van der Waals surface area contributed by atoms with Crippen LogP contribution >= 0.6 is 0 Å². The third-order valence-corrected chi connectivity index (χ3v) is 2.05. The molecule has 0 fully saturated rings. The van der Waals surface area contributed by atoms with Crippen LogP contribution in [0.4, 0.5) is 13.2 Å². The second kappa shape index (κ2) is 5.21. The molecule has 0 aliphatic carbocycles. The highest BCUT2D eigenvalue weighted by Gasteiger charge is 2.30. The van der Waals surface area contributed by atoms with Gasteiger partial charge in [0.15, 0.2) is 0 Å². The highest BCUT2D eigenvalue weighted by atomic mass is 19.4. The molecule has 0 aliphatic heterocycles. The number of hydrogen-bond acceptors (Lipinski definition) is 2. The van der Waals surface area contributed by atoms with Crippen molar-refractivity contribution in [1.29, 1.82) is 0 Å². The van der Waals surface area contributed by atoms with Crippen molar-refractivity contribution in [1.82, 2.24) is 0 Å². The second-order valence-electron chi connectivity index (χ2n) is 3.46. The first-order valence-corrected chi connectivity index (χ1v) is 4.88. The summed E-state index contributed by atoms with van der Waals surface area (Å²) in [5.74, 6) is 0.369. The lowest BCUT2D eigenvalue weighted by molar-refractivity contribution is -0.137. The smallest absolute Gasteiger partial charge is 0.416 e. The van der Waals surface area contributed by atoms with Crippen LogP contribution in [0.25, 0.3) is 0 Å². The number of alkyl halides is 3. The molecule has 5 heteroatoms. The van der Waals surface area contributed by atoms with Crippen LogP contribution < -0.4 is 4.74 Å². The van der Waals surface area contributed by atoms with Gasteiger partial charge in [-0.3, -0.25) is 0 Å². The van der Waals surface area contributed by atoms with Gasteiger partial charge in [-0.15, -0.1) is 0 Å². The first-order chi connectivity index (χ1) is 7.43. The minimum atomic E-state index is -4.32. The number of ether oxygens (including phenoxy) is 1. The molecule has 0 saturated carbocycles. The minimum Gasteiger partial charge on any atom is -0.491 e. The van der Waals surface area contributed by atoms with E-state index in [0.717, 1.165) is 12.1 Å². The summed E-state index contributed by atoms with van der Waals surface area (Å²) in [5.41, 5.74) is -0.699. The lowest BCUT2D eigenvalue weighted by atomic mass is 10.2. The lowest BCUT2D eigenvalue weighted by Gasteiger charge is -2.14. The molecule has 0 radical (unpaired) electrons. The van der Waals surface area contributed by atoms with Crippen LogP contribution in [-0.2, 0) is 6.18 Å². The van der Waals surface area contributed by atoms with E-state index in [1.807, 2.05) is 0 Å². The SMILES string of the molecule is CC(CCO)Oc1ccc(C(F)(F)F)cc1. The van der Waals surface area contributed by atoms with E-state index < -0.39 is 11.7 Å². The number of aliphatic hydroxyl groups is 1. The maximum Gasteiger partial charge on any atom is 0.416 e. The summed E-state index contributed by atoms with van der Waals surface area (Å²) in [6, 6.07) is 4.50. The van der Waals surface area contributed by atoms with Gasteiger partial charge >= 0.3 is 6.18 Å². The number of hydrogen-bond donors (Lipinski definition) is 1. The number of aliphatic hydroxyl groups excluding tert-OH is 1. The number of benzene rings is 1. The van der Waals surface area contributed by atoms with Gasteiger partial charge in [-0.2, -0.15) is 13.2 Å². The summed E-state index contributed by atoms with van der Waals surface area (Å²) in [7, 11) is 0. The quantitative estimate of drug-likeness (QED) is 0.868. The average molecular weight is 234 g/mol. The highest BCUT2D eigenvalue weighted by Crippen LogP contribution is 2.30. The summed E-state index contributed by atoms with van der Waals surface area (Å²) in [4.78, 5) is 0. The lowest BCUT2D eigenvalue weighted by Crippen LogP contribution is -2.13. The zero-order chi connectivity index (χ0) is 12.2. The molecule has 16 heavy (non-hydrogen) atoms. The monoisotopic (exact) mass is 234 g/mol. The van der Waals surface area contributed by atoms with Crippen molar-refractivity contribution in [3.63, 3.8) is 0 Å². The molecule has 0 spiro atoms. The molecule has 1 unspecified atom stereocenters. The molecule has 1 atom stereocenters. The molecule has 1 N–H and O–H groups in total. The van der Waals surface area contributed by atoms with Gasteiger partial charge in [-0.1, -0.05) is 0 Å². The Balaban J connectivity index is 2.65. The number of halogens is 3. The van der Waals surface area contributed by atoms with Crippen molar-refractivity contribution < 1.29 is 23.0 Å². The van der Waals surface area contributed by atoms with E-state index >= 15 is 0 Å². The fraction of sp³-hybridized carbons (Fsp3) is 0.455. The first kappa shape index (κ1) is 12.8. The molecule has 1 aromatic rings. The van der Waals surface area contributed by atoms with Crippen molar-refractivity contribution in [2.75, 3.05) is 6.61 Å². The van der Waals surface area contributed by atoms with Crippen LogP contribution in [-0.4, -0.2) is 17.8 Å². The van der Waals surface area contributed by atoms with E-state index in [2.05, 4.69) is 0 Å². The molecule has 0 heterocycles. The van der Waals surface area contributed by atoms with Crippen LogP contribution in [0.2, 0.25) is 0 Å². The third-order valence-electron chi connectivity index (χ3n) is 2.05. The largest absolute Gasteiger partial charge is 0.491 e. The Morgan fingerprint density at radius 3 is 2.25 bits per heavy atom. The van der Waals surface area contributed by atoms with E-state index in [9.17, 15) is 13.2 Å². The maximum absolute atomic E-state index is 12.2. The summed E-state index contributed by atoms with van der Waals surface area (Å²) in [5, 5.41) is 8.64. The highest BCUT2D eigenvalue weighted by molar-refractivity contribution is 5.28. The summed E-state index contributed by atoms with van der Waals surface area (Å²) in [6.07, 6.45) is -4.10. The Kier molecular flexibility index (Phi) is 4.18. The Morgan fingerprint density at radius 1 is 1.25 bits per heavy atom. The van der Waals surface area contributed by atoms with Gasteiger partial charge in [-0.25, -0.2) is 0 Å². The zero-order valence-corrected chi connectivity index (χ0v) is 8.79. The number of rotatable bonds is 4. The molecule has 0 saturated heterocycles. The normalized spacial score (nSPS) is 13.6.